The Morgan fingerprint density at radius 2 is 1.82 bits per heavy atom. The third kappa shape index (κ3) is 3.76. The highest BCUT2D eigenvalue weighted by molar-refractivity contribution is 5.81. The predicted octanol–water partition coefficient (Wildman–Crippen LogP) is 3.69. The van der Waals surface area contributed by atoms with E-state index in [1.165, 1.54) is 5.56 Å². The van der Waals surface area contributed by atoms with Crippen LogP contribution >= 0.6 is 0 Å². The maximum atomic E-state index is 12.0. The molecule has 1 aromatic heterocycles. The lowest BCUT2D eigenvalue weighted by Crippen LogP contribution is -2.46. The number of rotatable bonds is 5. The number of ether oxygens (including phenoxy) is 1. The van der Waals surface area contributed by atoms with E-state index in [1.54, 1.807) is 13.2 Å². The topological polar surface area (TPSA) is 45.9 Å². The molecular formula is C23H26N2O3. The number of aryl methyl sites for hydroxylation is 1. The average molecular weight is 378 g/mol. The molecule has 28 heavy (non-hydrogen) atoms. The van der Waals surface area contributed by atoms with Crippen molar-refractivity contribution in [2.24, 2.45) is 0 Å². The molecule has 0 unspecified atom stereocenters. The normalized spacial score (nSPS) is 15.1. The van der Waals surface area contributed by atoms with Crippen LogP contribution in [0.15, 0.2) is 57.7 Å². The molecule has 0 N–H and O–H groups in total. The minimum absolute atomic E-state index is 0.278. The SMILES string of the molecule is CCc1ccc2oc(=O)cc(CN3CCN(c4ccccc4OC)CC3)c2c1. The van der Waals surface area contributed by atoms with Crippen molar-refractivity contribution in [3.8, 4) is 5.75 Å². The summed E-state index contributed by atoms with van der Waals surface area (Å²) in [5.74, 6) is 0.912. The van der Waals surface area contributed by atoms with Crippen molar-refractivity contribution in [1.82, 2.24) is 4.90 Å². The van der Waals surface area contributed by atoms with Crippen molar-refractivity contribution in [2.75, 3.05) is 38.2 Å². The van der Waals surface area contributed by atoms with Crippen LogP contribution in [0.3, 0.4) is 0 Å². The lowest BCUT2D eigenvalue weighted by Gasteiger charge is -2.36. The van der Waals surface area contributed by atoms with Gasteiger partial charge in [-0.2, -0.15) is 0 Å². The van der Waals surface area contributed by atoms with Crippen LogP contribution in [0.4, 0.5) is 5.69 Å². The van der Waals surface area contributed by atoms with Crippen molar-refractivity contribution in [2.45, 2.75) is 19.9 Å². The van der Waals surface area contributed by atoms with E-state index in [4.69, 9.17) is 9.15 Å². The van der Waals surface area contributed by atoms with Crippen LogP contribution < -0.4 is 15.3 Å². The zero-order valence-corrected chi connectivity index (χ0v) is 16.5. The summed E-state index contributed by atoms with van der Waals surface area (Å²) in [4.78, 5) is 16.8. The van der Waals surface area contributed by atoms with Gasteiger partial charge < -0.3 is 14.1 Å². The number of piperazine rings is 1. The highest BCUT2D eigenvalue weighted by Crippen LogP contribution is 2.29. The Labute approximate surface area is 165 Å². The van der Waals surface area contributed by atoms with E-state index in [0.717, 1.165) is 61.5 Å². The number of hydrogen-bond donors (Lipinski definition) is 0. The maximum absolute atomic E-state index is 12.0. The van der Waals surface area contributed by atoms with E-state index in [-0.39, 0.29) is 5.63 Å². The van der Waals surface area contributed by atoms with Crippen LogP contribution in [0.1, 0.15) is 18.1 Å². The molecule has 146 valence electrons. The molecule has 0 radical (unpaired) electrons. The lowest BCUT2D eigenvalue weighted by atomic mass is 10.0. The van der Waals surface area contributed by atoms with Crippen molar-refractivity contribution in [3.63, 3.8) is 0 Å². The maximum Gasteiger partial charge on any atom is 0.336 e. The molecule has 2 heterocycles. The fourth-order valence-corrected chi connectivity index (χ4v) is 3.90. The number of nitrogens with zero attached hydrogens (tertiary/aromatic N) is 2. The fourth-order valence-electron chi connectivity index (χ4n) is 3.90. The largest absolute Gasteiger partial charge is 0.495 e. The Kier molecular flexibility index (Phi) is 5.35. The molecule has 0 saturated carbocycles. The minimum Gasteiger partial charge on any atom is -0.495 e. The Hall–Kier alpha value is -2.79. The molecular weight excluding hydrogens is 352 g/mol. The first-order valence-corrected chi connectivity index (χ1v) is 9.84. The first-order chi connectivity index (χ1) is 13.7. The quantitative estimate of drug-likeness (QED) is 0.634. The van der Waals surface area contributed by atoms with Gasteiger partial charge in [0.25, 0.3) is 0 Å². The summed E-state index contributed by atoms with van der Waals surface area (Å²) in [6, 6.07) is 15.9. The van der Waals surface area contributed by atoms with Gasteiger partial charge in [0.2, 0.25) is 0 Å². The molecule has 1 fully saturated rings. The molecule has 5 heteroatoms. The van der Waals surface area contributed by atoms with Crippen molar-refractivity contribution in [1.29, 1.82) is 0 Å². The van der Waals surface area contributed by atoms with E-state index in [9.17, 15) is 4.79 Å². The third-order valence-corrected chi connectivity index (χ3v) is 5.49. The molecule has 0 amide bonds. The second-order valence-electron chi connectivity index (χ2n) is 7.21. The molecule has 0 aliphatic carbocycles. The van der Waals surface area contributed by atoms with E-state index in [2.05, 4.69) is 28.9 Å². The lowest BCUT2D eigenvalue weighted by molar-refractivity contribution is 0.249. The van der Waals surface area contributed by atoms with Crippen LogP contribution in [-0.2, 0) is 13.0 Å². The monoisotopic (exact) mass is 378 g/mol. The van der Waals surface area contributed by atoms with Crippen LogP contribution in [0.25, 0.3) is 11.0 Å². The van der Waals surface area contributed by atoms with Gasteiger partial charge in [0.1, 0.15) is 11.3 Å². The summed E-state index contributed by atoms with van der Waals surface area (Å²) in [6.45, 7) is 6.63. The number of anilines is 1. The Morgan fingerprint density at radius 1 is 1.04 bits per heavy atom. The average Bonchev–Trinajstić information content (AvgIpc) is 2.74. The standard InChI is InChI=1S/C23H26N2O3/c1-3-17-8-9-21-19(14-17)18(15-23(26)28-21)16-24-10-12-25(13-11-24)20-6-4-5-7-22(20)27-2/h4-9,14-15H,3,10-13,16H2,1-2H3. The highest BCUT2D eigenvalue weighted by Gasteiger charge is 2.20. The Bertz CT molecular complexity index is 1020. The molecule has 3 aromatic rings. The van der Waals surface area contributed by atoms with Crippen LogP contribution in [0.5, 0.6) is 5.75 Å². The zero-order valence-electron chi connectivity index (χ0n) is 16.5. The molecule has 1 saturated heterocycles. The molecule has 1 aliphatic rings. The Morgan fingerprint density at radius 3 is 2.57 bits per heavy atom. The van der Waals surface area contributed by atoms with Gasteiger partial charge in [0.15, 0.2) is 0 Å². The van der Waals surface area contributed by atoms with E-state index < -0.39 is 0 Å². The van der Waals surface area contributed by atoms with Gasteiger partial charge in [0.05, 0.1) is 12.8 Å². The summed E-state index contributed by atoms with van der Waals surface area (Å²) in [7, 11) is 1.71. The van der Waals surface area contributed by atoms with Gasteiger partial charge in [-0.05, 0) is 41.8 Å². The van der Waals surface area contributed by atoms with Crippen LogP contribution in [0.2, 0.25) is 0 Å². The fraction of sp³-hybridized carbons (Fsp3) is 0.348. The van der Waals surface area contributed by atoms with Crippen LogP contribution in [0, 0.1) is 0 Å². The summed E-state index contributed by atoms with van der Waals surface area (Å²) >= 11 is 0. The van der Waals surface area contributed by atoms with Gasteiger partial charge in [-0.1, -0.05) is 25.1 Å². The van der Waals surface area contributed by atoms with Crippen molar-refractivity contribution < 1.29 is 9.15 Å². The van der Waals surface area contributed by atoms with Gasteiger partial charge in [0, 0.05) is 44.2 Å². The number of hydrogen-bond acceptors (Lipinski definition) is 5. The van der Waals surface area contributed by atoms with Gasteiger partial charge >= 0.3 is 5.63 Å². The molecule has 4 rings (SSSR count). The van der Waals surface area contributed by atoms with E-state index >= 15 is 0 Å². The second kappa shape index (κ2) is 8.07. The summed E-state index contributed by atoms with van der Waals surface area (Å²) < 4.78 is 10.9. The van der Waals surface area contributed by atoms with Crippen molar-refractivity contribution in [3.05, 3.63) is 70.1 Å². The van der Waals surface area contributed by atoms with E-state index in [1.807, 2.05) is 30.3 Å². The molecule has 1 aliphatic heterocycles. The van der Waals surface area contributed by atoms with Gasteiger partial charge in [-0.3, -0.25) is 4.90 Å². The van der Waals surface area contributed by atoms with Crippen molar-refractivity contribution >= 4 is 16.7 Å². The van der Waals surface area contributed by atoms with Crippen LogP contribution in [-0.4, -0.2) is 38.2 Å². The number of para-hydroxylation sites is 2. The Balaban J connectivity index is 1.51. The second-order valence-corrected chi connectivity index (χ2v) is 7.21. The number of benzene rings is 2. The summed E-state index contributed by atoms with van der Waals surface area (Å²) in [5.41, 5.74) is 3.84. The first kappa shape index (κ1) is 18.6. The smallest absolute Gasteiger partial charge is 0.336 e. The summed E-state index contributed by atoms with van der Waals surface area (Å²) in [6.07, 6.45) is 0.964. The first-order valence-electron chi connectivity index (χ1n) is 9.84. The third-order valence-electron chi connectivity index (χ3n) is 5.49. The highest BCUT2D eigenvalue weighted by atomic mass is 16.5. The minimum atomic E-state index is -0.278. The molecule has 0 bridgehead atoms. The number of methoxy groups -OCH3 is 1. The summed E-state index contributed by atoms with van der Waals surface area (Å²) in [5, 5.41) is 1.05. The zero-order chi connectivity index (χ0) is 19.5. The molecule has 2 aromatic carbocycles. The molecule has 5 nitrogen and oxygen atoms in total. The number of fused-ring (bicyclic) bond motifs is 1. The van der Waals surface area contributed by atoms with Gasteiger partial charge in [-0.15, -0.1) is 0 Å². The van der Waals surface area contributed by atoms with E-state index in [0.29, 0.717) is 5.58 Å². The van der Waals surface area contributed by atoms with Gasteiger partial charge in [-0.25, -0.2) is 4.79 Å². The molecule has 0 spiro atoms. The predicted molar refractivity (Wildman–Crippen MR) is 112 cm³/mol. The molecule has 0 atom stereocenters.